The van der Waals surface area contributed by atoms with Crippen molar-refractivity contribution in [3.63, 3.8) is 0 Å². The minimum Gasteiger partial charge on any atom is -0.381 e. The number of nitrogens with zero attached hydrogens (tertiary/aromatic N) is 5. The lowest BCUT2D eigenvalue weighted by Gasteiger charge is -2.28. The van der Waals surface area contributed by atoms with Gasteiger partial charge in [0.05, 0.1) is 11.8 Å². The van der Waals surface area contributed by atoms with Gasteiger partial charge in [-0.05, 0) is 58.6 Å². The summed E-state index contributed by atoms with van der Waals surface area (Å²) in [6.45, 7) is 6.33. The van der Waals surface area contributed by atoms with Crippen LogP contribution in [0, 0.1) is 6.92 Å². The Labute approximate surface area is 181 Å². The van der Waals surface area contributed by atoms with Crippen molar-refractivity contribution in [2.24, 2.45) is 0 Å². The van der Waals surface area contributed by atoms with Gasteiger partial charge in [-0.2, -0.15) is 4.98 Å². The minimum atomic E-state index is 0.298. The fraction of sp³-hybridized carbons (Fsp3) is 0.478. The van der Waals surface area contributed by atoms with E-state index in [1.165, 1.54) is 0 Å². The maximum Gasteiger partial charge on any atom is 0.224 e. The number of ether oxygens (including phenoxy) is 1. The molecule has 0 amide bonds. The number of aromatic nitrogens is 6. The van der Waals surface area contributed by atoms with Crippen molar-refractivity contribution in [2.45, 2.75) is 64.6 Å². The summed E-state index contributed by atoms with van der Waals surface area (Å²) in [5, 5.41) is 4.45. The van der Waals surface area contributed by atoms with Crippen LogP contribution < -0.4 is 5.32 Å². The summed E-state index contributed by atoms with van der Waals surface area (Å²) in [5.41, 5.74) is 4.53. The number of imidazole rings is 1. The lowest BCUT2D eigenvalue weighted by atomic mass is 9.93. The normalized spacial score (nSPS) is 19.5. The number of anilines is 1. The Kier molecular flexibility index (Phi) is 5.09. The number of nitrogens with one attached hydrogen (secondary N) is 2. The van der Waals surface area contributed by atoms with Gasteiger partial charge in [-0.3, -0.25) is 0 Å². The lowest BCUT2D eigenvalue weighted by Crippen LogP contribution is -2.29. The lowest BCUT2D eigenvalue weighted by molar-refractivity contribution is 0.0681. The number of aryl methyl sites for hydroxylation is 1. The predicted octanol–water partition coefficient (Wildman–Crippen LogP) is 4.63. The van der Waals surface area contributed by atoms with Gasteiger partial charge in [-0.25, -0.2) is 15.0 Å². The number of hydrogen-bond acceptors (Lipinski definition) is 6. The summed E-state index contributed by atoms with van der Waals surface area (Å²) < 4.78 is 7.64. The Hall–Kier alpha value is -3.00. The Morgan fingerprint density at radius 1 is 1.13 bits per heavy atom. The maximum atomic E-state index is 5.47. The molecule has 0 aromatic carbocycles. The van der Waals surface area contributed by atoms with Crippen LogP contribution in [0.15, 0.2) is 24.5 Å². The standard InChI is InChI=1S/C23H29N7O/c1-13(2)30-14(3)26-20-10-9-19(28-22(20)30)17-11-24-21-18(17)12-25-23(29-21)27-15-5-7-16(31-4)8-6-15/h9-13,15-16H,5-8H2,1-4H3,(H2,24,25,27,29)/t15-,16+. The summed E-state index contributed by atoms with van der Waals surface area (Å²) in [5.74, 6) is 1.64. The predicted molar refractivity (Wildman–Crippen MR) is 122 cm³/mol. The van der Waals surface area contributed by atoms with Crippen LogP contribution in [0.1, 0.15) is 51.4 Å². The van der Waals surface area contributed by atoms with Crippen molar-refractivity contribution in [2.75, 3.05) is 12.4 Å². The Morgan fingerprint density at radius 2 is 1.94 bits per heavy atom. The SMILES string of the molecule is CO[C@H]1CC[C@@H](Nc2ncc3c(-c4ccc5nc(C)n(C(C)C)c5n4)c[nH]c3n2)CC1. The largest absolute Gasteiger partial charge is 0.381 e. The van der Waals surface area contributed by atoms with E-state index in [0.717, 1.165) is 65.0 Å². The van der Waals surface area contributed by atoms with E-state index in [9.17, 15) is 0 Å². The van der Waals surface area contributed by atoms with Crippen LogP contribution >= 0.6 is 0 Å². The minimum absolute atomic E-state index is 0.298. The maximum absolute atomic E-state index is 5.47. The van der Waals surface area contributed by atoms with Crippen molar-refractivity contribution < 1.29 is 4.74 Å². The Bertz CT molecular complexity index is 1220. The molecular weight excluding hydrogens is 390 g/mol. The molecule has 0 radical (unpaired) electrons. The van der Waals surface area contributed by atoms with E-state index in [1.54, 1.807) is 7.11 Å². The summed E-state index contributed by atoms with van der Waals surface area (Å²) >= 11 is 0. The molecule has 162 valence electrons. The topological polar surface area (TPSA) is 93.5 Å². The van der Waals surface area contributed by atoms with E-state index in [-0.39, 0.29) is 0 Å². The summed E-state index contributed by atoms with van der Waals surface area (Å²) in [6, 6.07) is 4.74. The molecule has 0 atom stereocenters. The summed E-state index contributed by atoms with van der Waals surface area (Å²) in [7, 11) is 1.79. The van der Waals surface area contributed by atoms with Crippen LogP contribution in [-0.4, -0.2) is 48.7 Å². The van der Waals surface area contributed by atoms with Gasteiger partial charge in [-0.15, -0.1) is 0 Å². The third kappa shape index (κ3) is 3.65. The first-order valence-corrected chi connectivity index (χ1v) is 11.0. The number of fused-ring (bicyclic) bond motifs is 2. The zero-order valence-electron chi connectivity index (χ0n) is 18.5. The van der Waals surface area contributed by atoms with Crippen molar-refractivity contribution in [3.05, 3.63) is 30.4 Å². The third-order valence-corrected chi connectivity index (χ3v) is 6.28. The molecule has 4 aromatic rings. The molecule has 1 aliphatic carbocycles. The molecule has 0 spiro atoms. The second kappa shape index (κ2) is 7.92. The molecule has 1 aliphatic rings. The molecule has 1 fully saturated rings. The average molecular weight is 420 g/mol. The van der Waals surface area contributed by atoms with Crippen molar-refractivity contribution in [1.82, 2.24) is 29.5 Å². The first-order chi connectivity index (χ1) is 15.0. The number of H-pyrrole nitrogens is 1. The van der Waals surface area contributed by atoms with Crippen molar-refractivity contribution in [3.8, 4) is 11.3 Å². The highest BCUT2D eigenvalue weighted by atomic mass is 16.5. The van der Waals surface area contributed by atoms with Gasteiger partial charge in [0.25, 0.3) is 0 Å². The fourth-order valence-electron chi connectivity index (χ4n) is 4.67. The molecule has 8 heteroatoms. The van der Waals surface area contributed by atoms with Crippen LogP contribution in [0.5, 0.6) is 0 Å². The quantitative estimate of drug-likeness (QED) is 0.490. The number of methoxy groups -OCH3 is 1. The number of rotatable bonds is 5. The van der Waals surface area contributed by atoms with Gasteiger partial charge >= 0.3 is 0 Å². The van der Waals surface area contributed by atoms with Crippen molar-refractivity contribution in [1.29, 1.82) is 0 Å². The third-order valence-electron chi connectivity index (χ3n) is 6.28. The number of hydrogen-bond donors (Lipinski definition) is 2. The highest BCUT2D eigenvalue weighted by molar-refractivity contribution is 5.93. The Morgan fingerprint density at radius 3 is 2.68 bits per heavy atom. The molecule has 0 unspecified atom stereocenters. The molecule has 4 heterocycles. The smallest absolute Gasteiger partial charge is 0.224 e. The number of pyridine rings is 1. The van der Waals surface area contributed by atoms with Gasteiger partial charge in [0.2, 0.25) is 5.95 Å². The second-order valence-corrected chi connectivity index (χ2v) is 8.67. The molecule has 0 aliphatic heterocycles. The molecule has 4 aromatic heterocycles. The summed E-state index contributed by atoms with van der Waals surface area (Å²) in [4.78, 5) is 22.2. The first-order valence-electron chi connectivity index (χ1n) is 11.0. The molecule has 31 heavy (non-hydrogen) atoms. The van der Waals surface area contributed by atoms with Crippen LogP contribution in [0.2, 0.25) is 0 Å². The molecule has 2 N–H and O–H groups in total. The molecule has 0 saturated heterocycles. The van der Waals surface area contributed by atoms with Gasteiger partial charge in [0, 0.05) is 42.5 Å². The van der Waals surface area contributed by atoms with Gasteiger partial charge in [-0.1, -0.05) is 0 Å². The van der Waals surface area contributed by atoms with Crippen LogP contribution in [-0.2, 0) is 4.74 Å². The molecule has 5 rings (SSSR count). The van der Waals surface area contributed by atoms with Crippen LogP contribution in [0.25, 0.3) is 33.5 Å². The monoisotopic (exact) mass is 419 g/mol. The number of aromatic amines is 1. The zero-order chi connectivity index (χ0) is 21.5. The van der Waals surface area contributed by atoms with E-state index >= 15 is 0 Å². The van der Waals surface area contributed by atoms with E-state index in [0.29, 0.717) is 24.1 Å². The molecule has 1 saturated carbocycles. The fourth-order valence-corrected chi connectivity index (χ4v) is 4.67. The first kappa shape index (κ1) is 19.9. The molecular formula is C23H29N7O. The van der Waals surface area contributed by atoms with Gasteiger partial charge in [0.1, 0.15) is 17.0 Å². The van der Waals surface area contributed by atoms with E-state index in [2.05, 4.69) is 38.7 Å². The van der Waals surface area contributed by atoms with E-state index in [1.807, 2.05) is 31.5 Å². The van der Waals surface area contributed by atoms with Gasteiger partial charge < -0.3 is 19.6 Å². The second-order valence-electron chi connectivity index (χ2n) is 8.67. The van der Waals surface area contributed by atoms with Crippen LogP contribution in [0.3, 0.4) is 0 Å². The van der Waals surface area contributed by atoms with Crippen molar-refractivity contribution >= 4 is 28.1 Å². The highest BCUT2D eigenvalue weighted by Gasteiger charge is 2.22. The Balaban J connectivity index is 1.43. The van der Waals surface area contributed by atoms with Gasteiger partial charge in [0.15, 0.2) is 5.65 Å². The van der Waals surface area contributed by atoms with E-state index < -0.39 is 0 Å². The molecule has 0 bridgehead atoms. The van der Waals surface area contributed by atoms with Crippen LogP contribution in [0.4, 0.5) is 5.95 Å². The zero-order valence-corrected chi connectivity index (χ0v) is 18.5. The summed E-state index contributed by atoms with van der Waals surface area (Å²) in [6.07, 6.45) is 8.52. The highest BCUT2D eigenvalue weighted by Crippen LogP contribution is 2.30. The average Bonchev–Trinajstić information content (AvgIpc) is 3.33. The molecule has 8 nitrogen and oxygen atoms in total. The van der Waals surface area contributed by atoms with E-state index in [4.69, 9.17) is 14.7 Å².